The fourth-order valence-electron chi connectivity index (χ4n) is 2.49. The molecule has 0 saturated heterocycles. The molecule has 0 atom stereocenters. The van der Waals surface area contributed by atoms with Crippen LogP contribution in [0.2, 0.25) is 0 Å². The number of ether oxygens (including phenoxy) is 1. The molecule has 5 heteroatoms. The standard InChI is InChI=1S/C16H21NO3S/c1-12(18)21-15-9-7-14(8-10-15)17-16(19)20-11-13-5-3-2-4-6-13/h2-6,14-15H,7-11H2,1H3,(H,17,19). The molecule has 0 unspecified atom stereocenters. The number of carbonyl (C=O) groups excluding carboxylic acids is 2. The van der Waals surface area contributed by atoms with Crippen LogP contribution in [0.3, 0.4) is 0 Å². The summed E-state index contributed by atoms with van der Waals surface area (Å²) in [6, 6.07) is 9.79. The maximum atomic E-state index is 11.8. The van der Waals surface area contributed by atoms with E-state index in [0.29, 0.717) is 11.9 Å². The number of nitrogens with one attached hydrogen (secondary N) is 1. The van der Waals surface area contributed by atoms with Gasteiger partial charge in [0, 0.05) is 18.2 Å². The summed E-state index contributed by atoms with van der Waals surface area (Å²) in [6.07, 6.45) is 3.39. The minimum Gasteiger partial charge on any atom is -0.445 e. The highest BCUT2D eigenvalue weighted by atomic mass is 32.2. The number of hydrogen-bond donors (Lipinski definition) is 1. The molecule has 114 valence electrons. The van der Waals surface area contributed by atoms with Crippen molar-refractivity contribution < 1.29 is 14.3 Å². The van der Waals surface area contributed by atoms with Crippen molar-refractivity contribution in [3.8, 4) is 0 Å². The summed E-state index contributed by atoms with van der Waals surface area (Å²) in [5, 5.41) is 3.49. The van der Waals surface area contributed by atoms with E-state index in [-0.39, 0.29) is 17.3 Å². The topological polar surface area (TPSA) is 55.4 Å². The average molecular weight is 307 g/mol. The van der Waals surface area contributed by atoms with Crippen LogP contribution in [-0.4, -0.2) is 22.5 Å². The first-order chi connectivity index (χ1) is 10.1. The second kappa shape index (κ2) is 8.08. The van der Waals surface area contributed by atoms with Crippen molar-refractivity contribution >= 4 is 23.0 Å². The summed E-state index contributed by atoms with van der Waals surface area (Å²) in [7, 11) is 0. The largest absolute Gasteiger partial charge is 0.445 e. The highest BCUT2D eigenvalue weighted by Crippen LogP contribution is 2.28. The van der Waals surface area contributed by atoms with Crippen LogP contribution < -0.4 is 5.32 Å². The van der Waals surface area contributed by atoms with Crippen molar-refractivity contribution in [3.63, 3.8) is 0 Å². The highest BCUT2D eigenvalue weighted by Gasteiger charge is 2.24. The zero-order valence-corrected chi connectivity index (χ0v) is 13.0. The fraction of sp³-hybridized carbons (Fsp3) is 0.500. The molecular weight excluding hydrogens is 286 g/mol. The minimum atomic E-state index is -0.360. The lowest BCUT2D eigenvalue weighted by molar-refractivity contribution is -0.109. The Morgan fingerprint density at radius 3 is 2.48 bits per heavy atom. The van der Waals surface area contributed by atoms with E-state index in [2.05, 4.69) is 5.32 Å². The van der Waals surface area contributed by atoms with Crippen molar-refractivity contribution in [1.82, 2.24) is 5.32 Å². The average Bonchev–Trinajstić information content (AvgIpc) is 2.48. The Morgan fingerprint density at radius 2 is 1.86 bits per heavy atom. The second-order valence-electron chi connectivity index (χ2n) is 5.29. The van der Waals surface area contributed by atoms with Gasteiger partial charge in [-0.1, -0.05) is 42.1 Å². The van der Waals surface area contributed by atoms with E-state index in [1.807, 2.05) is 30.3 Å². The quantitative estimate of drug-likeness (QED) is 0.925. The van der Waals surface area contributed by atoms with Gasteiger partial charge < -0.3 is 10.1 Å². The summed E-state index contributed by atoms with van der Waals surface area (Å²) in [5.41, 5.74) is 0.981. The first-order valence-electron chi connectivity index (χ1n) is 7.28. The third-order valence-electron chi connectivity index (χ3n) is 3.54. The van der Waals surface area contributed by atoms with Crippen LogP contribution in [0.5, 0.6) is 0 Å². The Bertz CT molecular complexity index is 470. The van der Waals surface area contributed by atoms with E-state index in [4.69, 9.17) is 4.74 Å². The molecule has 0 bridgehead atoms. The van der Waals surface area contributed by atoms with Gasteiger partial charge in [-0.15, -0.1) is 0 Å². The van der Waals surface area contributed by atoms with Crippen molar-refractivity contribution in [3.05, 3.63) is 35.9 Å². The monoisotopic (exact) mass is 307 g/mol. The molecule has 1 N–H and O–H groups in total. The summed E-state index contributed by atoms with van der Waals surface area (Å²) in [6.45, 7) is 1.90. The molecule has 21 heavy (non-hydrogen) atoms. The van der Waals surface area contributed by atoms with Crippen LogP contribution in [0.1, 0.15) is 38.2 Å². The Hall–Kier alpha value is -1.49. The molecule has 1 amide bonds. The highest BCUT2D eigenvalue weighted by molar-refractivity contribution is 8.14. The molecule has 0 heterocycles. The van der Waals surface area contributed by atoms with E-state index in [1.165, 1.54) is 11.8 Å². The number of amides is 1. The van der Waals surface area contributed by atoms with Crippen LogP contribution in [0, 0.1) is 0 Å². The number of hydrogen-bond acceptors (Lipinski definition) is 4. The van der Waals surface area contributed by atoms with E-state index in [9.17, 15) is 9.59 Å². The number of thioether (sulfide) groups is 1. The van der Waals surface area contributed by atoms with Gasteiger partial charge in [0.1, 0.15) is 6.61 Å². The van der Waals surface area contributed by atoms with E-state index in [1.54, 1.807) is 6.92 Å². The Labute approximate surface area is 129 Å². The van der Waals surface area contributed by atoms with Gasteiger partial charge in [0.05, 0.1) is 0 Å². The number of rotatable bonds is 4. The molecule has 1 aliphatic rings. The minimum absolute atomic E-state index is 0.164. The predicted molar refractivity (Wildman–Crippen MR) is 84.1 cm³/mol. The lowest BCUT2D eigenvalue weighted by Crippen LogP contribution is -2.38. The summed E-state index contributed by atoms with van der Waals surface area (Å²) >= 11 is 1.42. The van der Waals surface area contributed by atoms with Gasteiger partial charge in [-0.3, -0.25) is 4.79 Å². The summed E-state index contributed by atoms with van der Waals surface area (Å²) in [5.74, 6) is 0. The second-order valence-corrected chi connectivity index (χ2v) is 6.77. The van der Waals surface area contributed by atoms with Gasteiger partial charge in [0.25, 0.3) is 0 Å². The van der Waals surface area contributed by atoms with Crippen molar-refractivity contribution in [2.75, 3.05) is 0 Å². The molecule has 1 aromatic carbocycles. The third kappa shape index (κ3) is 5.79. The zero-order chi connectivity index (χ0) is 15.1. The molecule has 2 rings (SSSR count). The molecule has 1 saturated carbocycles. The Morgan fingerprint density at radius 1 is 1.19 bits per heavy atom. The molecule has 0 aliphatic heterocycles. The van der Waals surface area contributed by atoms with Crippen molar-refractivity contribution in [2.45, 2.75) is 50.5 Å². The molecule has 1 aliphatic carbocycles. The summed E-state index contributed by atoms with van der Waals surface area (Å²) < 4.78 is 5.21. The Balaban J connectivity index is 1.66. The van der Waals surface area contributed by atoms with Gasteiger partial charge in [-0.25, -0.2) is 4.79 Å². The van der Waals surface area contributed by atoms with Crippen LogP contribution in [0.4, 0.5) is 4.79 Å². The molecule has 0 aromatic heterocycles. The number of benzene rings is 1. The van der Waals surface area contributed by atoms with Gasteiger partial charge in [0.15, 0.2) is 5.12 Å². The maximum Gasteiger partial charge on any atom is 0.407 e. The first kappa shape index (κ1) is 15.9. The van der Waals surface area contributed by atoms with E-state index >= 15 is 0 Å². The van der Waals surface area contributed by atoms with E-state index in [0.717, 1.165) is 31.2 Å². The van der Waals surface area contributed by atoms with Gasteiger partial charge in [-0.2, -0.15) is 0 Å². The molecule has 1 aromatic rings. The van der Waals surface area contributed by atoms with Crippen molar-refractivity contribution in [1.29, 1.82) is 0 Å². The SMILES string of the molecule is CC(=O)SC1CCC(NC(=O)OCc2ccccc2)CC1. The van der Waals surface area contributed by atoms with E-state index < -0.39 is 0 Å². The molecule has 0 radical (unpaired) electrons. The zero-order valence-electron chi connectivity index (χ0n) is 12.2. The molecule has 1 fully saturated rings. The molecule has 0 spiro atoms. The van der Waals surface area contributed by atoms with Crippen LogP contribution in [-0.2, 0) is 16.1 Å². The fourth-order valence-corrected chi connectivity index (χ4v) is 3.47. The number of alkyl carbamates (subject to hydrolysis) is 1. The Kier molecular flexibility index (Phi) is 6.11. The lowest BCUT2D eigenvalue weighted by atomic mass is 9.95. The van der Waals surface area contributed by atoms with Crippen LogP contribution in [0.25, 0.3) is 0 Å². The smallest absolute Gasteiger partial charge is 0.407 e. The van der Waals surface area contributed by atoms with Crippen molar-refractivity contribution in [2.24, 2.45) is 0 Å². The van der Waals surface area contributed by atoms with Gasteiger partial charge in [0.2, 0.25) is 0 Å². The van der Waals surface area contributed by atoms with Gasteiger partial charge >= 0.3 is 6.09 Å². The van der Waals surface area contributed by atoms with Crippen LogP contribution >= 0.6 is 11.8 Å². The molecule has 4 nitrogen and oxygen atoms in total. The van der Waals surface area contributed by atoms with Gasteiger partial charge in [-0.05, 0) is 31.2 Å². The number of carbonyl (C=O) groups is 2. The predicted octanol–water partition coefficient (Wildman–Crippen LogP) is 3.50. The normalized spacial score (nSPS) is 21.6. The molecular formula is C16H21NO3S. The maximum absolute atomic E-state index is 11.8. The summed E-state index contributed by atoms with van der Waals surface area (Å²) in [4.78, 5) is 22.8. The lowest BCUT2D eigenvalue weighted by Gasteiger charge is -2.27. The third-order valence-corrected chi connectivity index (χ3v) is 4.68. The van der Waals surface area contributed by atoms with Crippen LogP contribution in [0.15, 0.2) is 30.3 Å². The first-order valence-corrected chi connectivity index (χ1v) is 8.16.